The number of hydrogen-bond acceptors (Lipinski definition) is 8. The maximum absolute atomic E-state index is 9.65. The van der Waals surface area contributed by atoms with Crippen LogP contribution in [0.25, 0.3) is 0 Å². The Bertz CT molecular complexity index is 589. The topological polar surface area (TPSA) is 129 Å². The van der Waals surface area contributed by atoms with Crippen LogP contribution in [0.2, 0.25) is 0 Å². The smallest absolute Gasteiger partial charge is 0.229 e. The fourth-order valence-corrected chi connectivity index (χ4v) is 1.48. The first-order valence-electron chi connectivity index (χ1n) is 5.53. The number of nitrogens with two attached hydrogens (primary N) is 1. The highest BCUT2D eigenvalue weighted by atomic mass is 16.3. The lowest BCUT2D eigenvalue weighted by molar-refractivity contribution is 0.400. The molecule has 0 saturated heterocycles. The fraction of sp³-hybridized carbons (Fsp3) is 0.182. The predicted molar refractivity (Wildman–Crippen MR) is 70.9 cm³/mol. The number of nitrogens with one attached hydrogen (secondary N) is 2. The van der Waals surface area contributed by atoms with Gasteiger partial charge >= 0.3 is 0 Å². The summed E-state index contributed by atoms with van der Waals surface area (Å²) in [6.45, 7) is 0.243. The summed E-state index contributed by atoms with van der Waals surface area (Å²) in [7, 11) is 1.67. The molecule has 8 nitrogen and oxygen atoms in total. The maximum atomic E-state index is 9.65. The highest BCUT2D eigenvalue weighted by Gasteiger charge is 2.07. The van der Waals surface area contributed by atoms with Gasteiger partial charge in [-0.3, -0.25) is 0 Å². The second-order valence-corrected chi connectivity index (χ2v) is 3.73. The lowest BCUT2D eigenvalue weighted by atomic mass is 10.2. The van der Waals surface area contributed by atoms with E-state index in [0.717, 1.165) is 0 Å². The van der Waals surface area contributed by atoms with Crippen LogP contribution in [0.15, 0.2) is 18.2 Å². The first-order valence-corrected chi connectivity index (χ1v) is 5.53. The molecule has 100 valence electrons. The number of nitrogen functional groups attached to an aromatic ring is 1. The van der Waals surface area contributed by atoms with E-state index < -0.39 is 0 Å². The number of rotatable bonds is 4. The second-order valence-electron chi connectivity index (χ2n) is 3.73. The summed E-state index contributed by atoms with van der Waals surface area (Å²) >= 11 is 0. The van der Waals surface area contributed by atoms with E-state index in [9.17, 15) is 10.2 Å². The van der Waals surface area contributed by atoms with Crippen molar-refractivity contribution in [3.8, 4) is 11.5 Å². The minimum Gasteiger partial charge on any atom is -0.504 e. The minimum atomic E-state index is -0.176. The fourth-order valence-electron chi connectivity index (χ4n) is 1.48. The summed E-state index contributed by atoms with van der Waals surface area (Å²) in [5.74, 6) is 0.355. The van der Waals surface area contributed by atoms with E-state index >= 15 is 0 Å². The van der Waals surface area contributed by atoms with Gasteiger partial charge in [-0.25, -0.2) is 0 Å². The molecule has 0 bridgehead atoms. The van der Waals surface area contributed by atoms with E-state index in [4.69, 9.17) is 5.73 Å². The van der Waals surface area contributed by atoms with Crippen LogP contribution in [-0.2, 0) is 6.54 Å². The van der Waals surface area contributed by atoms with Gasteiger partial charge in [-0.15, -0.1) is 0 Å². The summed E-state index contributed by atoms with van der Waals surface area (Å²) in [5, 5.41) is 24.7. The van der Waals surface area contributed by atoms with Gasteiger partial charge in [-0.05, 0) is 6.07 Å². The zero-order valence-corrected chi connectivity index (χ0v) is 10.3. The minimum absolute atomic E-state index is 0.0852. The number of aromatic nitrogens is 3. The summed E-state index contributed by atoms with van der Waals surface area (Å²) in [4.78, 5) is 11.8. The SMILES string of the molecule is CNc1nc(N)nc(NCc2cccc(O)c2O)n1. The molecule has 0 aliphatic heterocycles. The highest BCUT2D eigenvalue weighted by Crippen LogP contribution is 2.28. The van der Waals surface area contributed by atoms with E-state index in [1.54, 1.807) is 19.2 Å². The third kappa shape index (κ3) is 2.92. The van der Waals surface area contributed by atoms with Crippen molar-refractivity contribution in [3.05, 3.63) is 23.8 Å². The summed E-state index contributed by atoms with van der Waals surface area (Å²) in [5.41, 5.74) is 6.04. The van der Waals surface area contributed by atoms with Crippen molar-refractivity contribution in [2.75, 3.05) is 23.4 Å². The number of phenols is 2. The predicted octanol–water partition coefficient (Wildman–Crippen LogP) is 0.519. The van der Waals surface area contributed by atoms with E-state index in [0.29, 0.717) is 11.5 Å². The maximum Gasteiger partial charge on any atom is 0.229 e. The van der Waals surface area contributed by atoms with E-state index in [-0.39, 0.29) is 29.9 Å². The van der Waals surface area contributed by atoms with Crippen molar-refractivity contribution in [1.29, 1.82) is 0 Å². The van der Waals surface area contributed by atoms with Crippen molar-refractivity contribution < 1.29 is 10.2 Å². The Labute approximate surface area is 109 Å². The van der Waals surface area contributed by atoms with Crippen molar-refractivity contribution >= 4 is 17.8 Å². The van der Waals surface area contributed by atoms with Gasteiger partial charge in [-0.2, -0.15) is 15.0 Å². The van der Waals surface area contributed by atoms with Gasteiger partial charge in [0.05, 0.1) is 0 Å². The van der Waals surface area contributed by atoms with Crippen LogP contribution in [0.1, 0.15) is 5.56 Å². The molecular formula is C11H14N6O2. The van der Waals surface area contributed by atoms with Crippen LogP contribution in [0.4, 0.5) is 17.8 Å². The number of aromatic hydroxyl groups is 2. The number of hydrogen-bond donors (Lipinski definition) is 5. The summed E-state index contributed by atoms with van der Waals surface area (Å²) < 4.78 is 0. The van der Waals surface area contributed by atoms with Crippen molar-refractivity contribution in [1.82, 2.24) is 15.0 Å². The molecule has 19 heavy (non-hydrogen) atoms. The number of phenolic OH excluding ortho intramolecular Hbond substituents is 2. The van der Waals surface area contributed by atoms with Gasteiger partial charge in [0.2, 0.25) is 17.8 Å². The highest BCUT2D eigenvalue weighted by molar-refractivity contribution is 5.46. The zero-order valence-electron chi connectivity index (χ0n) is 10.3. The molecular weight excluding hydrogens is 248 g/mol. The molecule has 1 aromatic heterocycles. The Morgan fingerprint density at radius 2 is 1.89 bits per heavy atom. The zero-order chi connectivity index (χ0) is 13.8. The molecule has 0 saturated carbocycles. The van der Waals surface area contributed by atoms with E-state index in [2.05, 4.69) is 25.6 Å². The Morgan fingerprint density at radius 3 is 2.63 bits per heavy atom. The third-order valence-corrected chi connectivity index (χ3v) is 2.41. The molecule has 0 spiro atoms. The standard InChI is InChI=1S/C11H14N6O2/c1-13-10-15-9(12)16-11(17-10)14-5-6-3-2-4-7(18)8(6)19/h2-4,18-19H,5H2,1H3,(H4,12,13,14,15,16,17). The van der Waals surface area contributed by atoms with Crippen molar-refractivity contribution in [3.63, 3.8) is 0 Å². The Balaban J connectivity index is 2.14. The van der Waals surface area contributed by atoms with Crippen LogP contribution in [0.3, 0.4) is 0 Å². The van der Waals surface area contributed by atoms with Crippen LogP contribution < -0.4 is 16.4 Å². The first kappa shape index (κ1) is 12.7. The van der Waals surface area contributed by atoms with Gasteiger partial charge < -0.3 is 26.6 Å². The van der Waals surface area contributed by atoms with Gasteiger partial charge in [0.15, 0.2) is 11.5 Å². The molecule has 6 N–H and O–H groups in total. The molecule has 2 aromatic rings. The number of benzene rings is 1. The van der Waals surface area contributed by atoms with E-state index in [1.807, 2.05) is 0 Å². The number of para-hydroxylation sites is 1. The lowest BCUT2D eigenvalue weighted by Crippen LogP contribution is -2.09. The molecule has 2 rings (SSSR count). The van der Waals surface area contributed by atoms with Crippen LogP contribution in [0.5, 0.6) is 11.5 Å². The van der Waals surface area contributed by atoms with Gasteiger partial charge in [0, 0.05) is 19.2 Å². The van der Waals surface area contributed by atoms with Gasteiger partial charge in [0.1, 0.15) is 0 Å². The average Bonchev–Trinajstić information content (AvgIpc) is 2.40. The number of nitrogens with zero attached hydrogens (tertiary/aromatic N) is 3. The molecule has 1 aromatic carbocycles. The molecule has 0 unspecified atom stereocenters. The quantitative estimate of drug-likeness (QED) is 0.504. The molecule has 0 amide bonds. The van der Waals surface area contributed by atoms with Gasteiger partial charge in [-0.1, -0.05) is 12.1 Å². The monoisotopic (exact) mass is 262 g/mol. The molecule has 8 heteroatoms. The summed E-state index contributed by atoms with van der Waals surface area (Å²) in [6.07, 6.45) is 0. The van der Waals surface area contributed by atoms with Crippen LogP contribution in [0, 0.1) is 0 Å². The lowest BCUT2D eigenvalue weighted by Gasteiger charge is -2.08. The van der Waals surface area contributed by atoms with Gasteiger partial charge in [0.25, 0.3) is 0 Å². The van der Waals surface area contributed by atoms with Crippen LogP contribution in [-0.4, -0.2) is 32.2 Å². The molecule has 0 radical (unpaired) electrons. The molecule has 0 fully saturated rings. The Hall–Kier alpha value is -2.77. The van der Waals surface area contributed by atoms with Crippen molar-refractivity contribution in [2.45, 2.75) is 6.54 Å². The number of anilines is 3. The average molecular weight is 262 g/mol. The second kappa shape index (κ2) is 5.25. The van der Waals surface area contributed by atoms with E-state index in [1.165, 1.54) is 6.07 Å². The molecule has 0 atom stereocenters. The summed E-state index contributed by atoms with van der Waals surface area (Å²) in [6, 6.07) is 4.71. The first-order chi connectivity index (χ1) is 9.10. The molecule has 0 aliphatic rings. The largest absolute Gasteiger partial charge is 0.504 e. The molecule has 0 aliphatic carbocycles. The van der Waals surface area contributed by atoms with Crippen molar-refractivity contribution in [2.24, 2.45) is 0 Å². The third-order valence-electron chi connectivity index (χ3n) is 2.41. The normalized spacial score (nSPS) is 10.2. The molecule has 1 heterocycles. The van der Waals surface area contributed by atoms with Crippen LogP contribution >= 0.6 is 0 Å². The Kier molecular flexibility index (Phi) is 3.51. The Morgan fingerprint density at radius 1 is 1.16 bits per heavy atom.